The maximum Gasteiger partial charge on any atom is 0.233 e. The number of thioether (sulfide) groups is 1. The predicted octanol–water partition coefficient (Wildman–Crippen LogP) is 4.53. The molecule has 6 nitrogen and oxygen atoms in total. The number of nitrogens with zero attached hydrogens (tertiary/aromatic N) is 4. The second-order valence-electron chi connectivity index (χ2n) is 6.95. The first-order valence-corrected chi connectivity index (χ1v) is 10.6. The molecular weight excluding hydrogens is 396 g/mol. The van der Waals surface area contributed by atoms with E-state index in [2.05, 4.69) is 17.1 Å². The fourth-order valence-electron chi connectivity index (χ4n) is 3.23. The summed E-state index contributed by atoms with van der Waals surface area (Å²) in [6, 6.07) is 11.1. The van der Waals surface area contributed by atoms with Crippen molar-refractivity contribution in [1.29, 1.82) is 0 Å². The van der Waals surface area contributed by atoms with Crippen molar-refractivity contribution in [3.8, 4) is 17.3 Å². The summed E-state index contributed by atoms with van der Waals surface area (Å²) in [6.07, 6.45) is 3.74. The molecule has 1 fully saturated rings. The van der Waals surface area contributed by atoms with Gasteiger partial charge in [0, 0.05) is 23.8 Å². The number of aromatic nitrogens is 3. The standard InChI is InChI=1S/C20H21ClN4O2S/c1-14-8-10-24(11-9-14)18(26)13-28-20-23-22-19(17-3-2-12-27-17)25(20)16-6-4-15(21)5-7-16/h2-7,12,14H,8-11,13H2,1H3. The number of hydrogen-bond acceptors (Lipinski definition) is 5. The van der Waals surface area contributed by atoms with Gasteiger partial charge in [0.05, 0.1) is 12.0 Å². The molecule has 0 bridgehead atoms. The molecule has 0 N–H and O–H groups in total. The van der Waals surface area contributed by atoms with Gasteiger partial charge in [-0.15, -0.1) is 10.2 Å². The molecule has 4 rings (SSSR count). The van der Waals surface area contributed by atoms with E-state index in [0.717, 1.165) is 31.6 Å². The molecule has 0 atom stereocenters. The van der Waals surface area contributed by atoms with E-state index >= 15 is 0 Å². The van der Waals surface area contributed by atoms with Crippen molar-refractivity contribution < 1.29 is 9.21 Å². The van der Waals surface area contributed by atoms with E-state index in [4.69, 9.17) is 16.0 Å². The maximum atomic E-state index is 12.6. The molecule has 0 aliphatic carbocycles. The van der Waals surface area contributed by atoms with E-state index in [9.17, 15) is 4.79 Å². The highest BCUT2D eigenvalue weighted by Gasteiger charge is 2.23. The third-order valence-electron chi connectivity index (χ3n) is 4.92. The summed E-state index contributed by atoms with van der Waals surface area (Å²) in [4.78, 5) is 14.6. The van der Waals surface area contributed by atoms with Crippen LogP contribution in [0.1, 0.15) is 19.8 Å². The fourth-order valence-corrected chi connectivity index (χ4v) is 4.21. The Bertz CT molecular complexity index is 932. The minimum atomic E-state index is 0.141. The molecule has 0 spiro atoms. The van der Waals surface area contributed by atoms with Gasteiger partial charge < -0.3 is 9.32 Å². The van der Waals surface area contributed by atoms with Crippen LogP contribution in [0.2, 0.25) is 5.02 Å². The van der Waals surface area contributed by atoms with E-state index < -0.39 is 0 Å². The zero-order valence-electron chi connectivity index (χ0n) is 15.5. The number of amides is 1. The average molecular weight is 417 g/mol. The van der Waals surface area contributed by atoms with Gasteiger partial charge in [-0.05, 0) is 55.2 Å². The molecule has 1 saturated heterocycles. The first kappa shape index (κ1) is 19.1. The fraction of sp³-hybridized carbons (Fsp3) is 0.350. The van der Waals surface area contributed by atoms with E-state index in [-0.39, 0.29) is 5.91 Å². The van der Waals surface area contributed by atoms with Gasteiger partial charge in [0.15, 0.2) is 10.9 Å². The van der Waals surface area contributed by atoms with Crippen LogP contribution in [0.4, 0.5) is 0 Å². The van der Waals surface area contributed by atoms with E-state index in [1.165, 1.54) is 11.8 Å². The molecular formula is C20H21ClN4O2S. The normalized spacial score (nSPS) is 15.1. The number of furan rings is 1. The van der Waals surface area contributed by atoms with Crippen LogP contribution in [0.25, 0.3) is 17.3 Å². The van der Waals surface area contributed by atoms with Gasteiger partial charge in [0.2, 0.25) is 11.7 Å². The molecule has 1 aromatic carbocycles. The molecule has 146 valence electrons. The Hall–Kier alpha value is -2.25. The molecule has 8 heteroatoms. The van der Waals surface area contributed by atoms with Crippen LogP contribution in [-0.4, -0.2) is 44.4 Å². The number of hydrogen-bond donors (Lipinski definition) is 0. The molecule has 3 heterocycles. The number of piperidine rings is 1. The summed E-state index contributed by atoms with van der Waals surface area (Å²) >= 11 is 7.43. The monoisotopic (exact) mass is 416 g/mol. The van der Waals surface area contributed by atoms with Crippen molar-refractivity contribution in [2.24, 2.45) is 5.92 Å². The molecule has 2 aromatic heterocycles. The number of benzene rings is 1. The Kier molecular flexibility index (Phi) is 5.73. The Morgan fingerprint density at radius 1 is 1.21 bits per heavy atom. The van der Waals surface area contributed by atoms with Crippen LogP contribution in [0.3, 0.4) is 0 Å². The SMILES string of the molecule is CC1CCN(C(=O)CSc2nnc(-c3ccco3)n2-c2ccc(Cl)cc2)CC1. The molecule has 1 amide bonds. The molecule has 28 heavy (non-hydrogen) atoms. The predicted molar refractivity (Wildman–Crippen MR) is 110 cm³/mol. The summed E-state index contributed by atoms with van der Waals surface area (Å²) in [5.74, 6) is 2.38. The minimum Gasteiger partial charge on any atom is -0.461 e. The number of carbonyl (C=O) groups excluding carboxylic acids is 1. The van der Waals surface area contributed by atoms with Gasteiger partial charge in [0.25, 0.3) is 0 Å². The Labute approximate surface area is 172 Å². The van der Waals surface area contributed by atoms with Crippen LogP contribution < -0.4 is 0 Å². The lowest BCUT2D eigenvalue weighted by Gasteiger charge is -2.30. The van der Waals surface area contributed by atoms with Gasteiger partial charge in [-0.25, -0.2) is 0 Å². The van der Waals surface area contributed by atoms with Gasteiger partial charge in [-0.1, -0.05) is 30.3 Å². The molecule has 0 unspecified atom stereocenters. The smallest absolute Gasteiger partial charge is 0.233 e. The van der Waals surface area contributed by atoms with Crippen molar-refractivity contribution >= 4 is 29.3 Å². The second kappa shape index (κ2) is 8.41. The highest BCUT2D eigenvalue weighted by molar-refractivity contribution is 7.99. The number of halogens is 1. The molecule has 1 aliphatic rings. The molecule has 1 aliphatic heterocycles. The van der Waals surface area contributed by atoms with Crippen molar-refractivity contribution in [1.82, 2.24) is 19.7 Å². The number of likely N-dealkylation sites (tertiary alicyclic amines) is 1. The molecule has 0 radical (unpaired) electrons. The quantitative estimate of drug-likeness (QED) is 0.571. The van der Waals surface area contributed by atoms with Gasteiger partial charge >= 0.3 is 0 Å². The summed E-state index contributed by atoms with van der Waals surface area (Å²) < 4.78 is 7.41. The molecule has 0 saturated carbocycles. The third kappa shape index (κ3) is 4.10. The number of rotatable bonds is 5. The van der Waals surface area contributed by atoms with Crippen LogP contribution in [0.15, 0.2) is 52.2 Å². The lowest BCUT2D eigenvalue weighted by molar-refractivity contribution is -0.129. The second-order valence-corrected chi connectivity index (χ2v) is 8.33. The van der Waals surface area contributed by atoms with Gasteiger partial charge in [0.1, 0.15) is 0 Å². The highest BCUT2D eigenvalue weighted by atomic mass is 35.5. The maximum absolute atomic E-state index is 12.6. The summed E-state index contributed by atoms with van der Waals surface area (Å²) in [6.45, 7) is 3.91. The zero-order chi connectivity index (χ0) is 19.5. The van der Waals surface area contributed by atoms with Gasteiger partial charge in [-0.3, -0.25) is 9.36 Å². The van der Waals surface area contributed by atoms with Crippen molar-refractivity contribution in [2.75, 3.05) is 18.8 Å². The van der Waals surface area contributed by atoms with E-state index in [1.54, 1.807) is 6.26 Å². The summed E-state index contributed by atoms with van der Waals surface area (Å²) in [5.41, 5.74) is 0.863. The lowest BCUT2D eigenvalue weighted by atomic mass is 9.99. The van der Waals surface area contributed by atoms with Crippen LogP contribution in [0.5, 0.6) is 0 Å². The average Bonchev–Trinajstić information content (AvgIpc) is 3.37. The van der Waals surface area contributed by atoms with E-state index in [0.29, 0.717) is 33.4 Å². The van der Waals surface area contributed by atoms with Crippen LogP contribution >= 0.6 is 23.4 Å². The first-order chi connectivity index (χ1) is 13.6. The van der Waals surface area contributed by atoms with Crippen LogP contribution in [-0.2, 0) is 4.79 Å². The van der Waals surface area contributed by atoms with Crippen molar-refractivity contribution in [3.63, 3.8) is 0 Å². The summed E-state index contributed by atoms with van der Waals surface area (Å²) in [7, 11) is 0. The largest absolute Gasteiger partial charge is 0.461 e. The van der Waals surface area contributed by atoms with Crippen molar-refractivity contribution in [3.05, 3.63) is 47.7 Å². The first-order valence-electron chi connectivity index (χ1n) is 9.27. The Balaban J connectivity index is 1.57. The van der Waals surface area contributed by atoms with E-state index in [1.807, 2.05) is 45.9 Å². The molecule has 3 aromatic rings. The topological polar surface area (TPSA) is 64.2 Å². The lowest BCUT2D eigenvalue weighted by Crippen LogP contribution is -2.38. The third-order valence-corrected chi connectivity index (χ3v) is 6.09. The van der Waals surface area contributed by atoms with Crippen molar-refractivity contribution in [2.45, 2.75) is 24.9 Å². The number of carbonyl (C=O) groups is 1. The minimum absolute atomic E-state index is 0.141. The Morgan fingerprint density at radius 2 is 1.96 bits per heavy atom. The summed E-state index contributed by atoms with van der Waals surface area (Å²) in [5, 5.41) is 9.91. The van der Waals surface area contributed by atoms with Crippen LogP contribution in [0, 0.1) is 5.92 Å². The van der Waals surface area contributed by atoms with Gasteiger partial charge in [-0.2, -0.15) is 0 Å². The zero-order valence-corrected chi connectivity index (χ0v) is 17.1. The highest BCUT2D eigenvalue weighted by Crippen LogP contribution is 2.29. The Morgan fingerprint density at radius 3 is 2.64 bits per heavy atom.